The van der Waals surface area contributed by atoms with Gasteiger partial charge in [0.15, 0.2) is 29.4 Å². The van der Waals surface area contributed by atoms with Crippen molar-refractivity contribution in [2.45, 2.75) is 0 Å². The van der Waals surface area contributed by atoms with Crippen LogP contribution in [-0.4, -0.2) is 21.2 Å². The highest BCUT2D eigenvalue weighted by atomic mass is 19.2. The molecule has 0 atom stereocenters. The van der Waals surface area contributed by atoms with Gasteiger partial charge in [0.05, 0.1) is 5.69 Å². The normalized spacial score (nSPS) is 10.3. The minimum atomic E-state index is -1.15. The van der Waals surface area contributed by atoms with Crippen LogP contribution in [0.15, 0.2) is 29.1 Å². The van der Waals surface area contributed by atoms with Crippen molar-refractivity contribution < 1.29 is 18.7 Å². The maximum Gasteiger partial charge on any atom is 0.275 e. The quantitative estimate of drug-likeness (QED) is 0.810. The summed E-state index contributed by atoms with van der Waals surface area (Å²) < 4.78 is 26.5. The van der Waals surface area contributed by atoms with Crippen LogP contribution in [0, 0.1) is 11.6 Å². The summed E-state index contributed by atoms with van der Waals surface area (Å²) in [7, 11) is 0. The summed E-state index contributed by atoms with van der Waals surface area (Å²) in [6.07, 6.45) is 0.241. The van der Waals surface area contributed by atoms with Crippen LogP contribution >= 0.6 is 0 Å². The first-order valence-corrected chi connectivity index (χ1v) is 4.77. The molecular formula is C11H6F2N2O3. The number of aldehydes is 1. The first-order chi connectivity index (χ1) is 8.52. The molecule has 0 saturated heterocycles. The third-order valence-electron chi connectivity index (χ3n) is 2.20. The number of hydrogen-bond acceptors (Lipinski definition) is 4. The Labute approximate surface area is 98.9 Å². The average Bonchev–Trinajstić information content (AvgIpc) is 2.33. The van der Waals surface area contributed by atoms with Crippen molar-refractivity contribution in [2.24, 2.45) is 0 Å². The van der Waals surface area contributed by atoms with Gasteiger partial charge in [-0.3, -0.25) is 9.59 Å². The van der Waals surface area contributed by atoms with Crippen molar-refractivity contribution in [1.82, 2.24) is 9.78 Å². The molecule has 18 heavy (non-hydrogen) atoms. The third kappa shape index (κ3) is 1.97. The Morgan fingerprint density at radius 1 is 1.22 bits per heavy atom. The Morgan fingerprint density at radius 3 is 2.56 bits per heavy atom. The number of carbonyl (C=O) groups is 1. The average molecular weight is 252 g/mol. The Bertz CT molecular complexity index is 682. The van der Waals surface area contributed by atoms with Crippen molar-refractivity contribution in [3.05, 3.63) is 51.9 Å². The smallest absolute Gasteiger partial charge is 0.275 e. The molecule has 2 aromatic rings. The van der Waals surface area contributed by atoms with Crippen LogP contribution in [0.1, 0.15) is 10.5 Å². The molecule has 0 aliphatic heterocycles. The highest BCUT2D eigenvalue weighted by Gasteiger charge is 2.10. The van der Waals surface area contributed by atoms with Gasteiger partial charge >= 0.3 is 0 Å². The lowest BCUT2D eigenvalue weighted by Gasteiger charge is -2.06. The maximum atomic E-state index is 13.0. The summed E-state index contributed by atoms with van der Waals surface area (Å²) in [5.41, 5.74) is -1.20. The van der Waals surface area contributed by atoms with Gasteiger partial charge in [0, 0.05) is 12.1 Å². The van der Waals surface area contributed by atoms with Gasteiger partial charge in [0.1, 0.15) is 0 Å². The van der Waals surface area contributed by atoms with E-state index in [1.165, 1.54) is 0 Å². The van der Waals surface area contributed by atoms with Gasteiger partial charge in [-0.25, -0.2) is 8.78 Å². The van der Waals surface area contributed by atoms with Crippen LogP contribution in [0.4, 0.5) is 8.78 Å². The van der Waals surface area contributed by atoms with E-state index in [-0.39, 0.29) is 17.7 Å². The van der Waals surface area contributed by atoms with Crippen molar-refractivity contribution >= 4 is 6.29 Å². The number of hydrogen-bond donors (Lipinski definition) is 1. The highest BCUT2D eigenvalue weighted by Crippen LogP contribution is 2.13. The molecule has 0 bridgehead atoms. The fourth-order valence-electron chi connectivity index (χ4n) is 1.35. The molecule has 0 spiro atoms. The molecule has 0 amide bonds. The molecule has 1 aromatic carbocycles. The molecule has 0 saturated carbocycles. The predicted octanol–water partition coefficient (Wildman–Crippen LogP) is 1.03. The number of halogens is 2. The van der Waals surface area contributed by atoms with Gasteiger partial charge in [-0.1, -0.05) is 0 Å². The van der Waals surface area contributed by atoms with Crippen LogP contribution in [-0.2, 0) is 0 Å². The number of benzene rings is 1. The fourth-order valence-corrected chi connectivity index (χ4v) is 1.35. The zero-order valence-electron chi connectivity index (χ0n) is 8.80. The van der Waals surface area contributed by atoms with Crippen LogP contribution in [0.3, 0.4) is 0 Å². The second-order valence-electron chi connectivity index (χ2n) is 3.38. The lowest BCUT2D eigenvalue weighted by atomic mass is 10.3. The van der Waals surface area contributed by atoms with Crippen molar-refractivity contribution in [3.63, 3.8) is 0 Å². The van der Waals surface area contributed by atoms with Gasteiger partial charge in [0.2, 0.25) is 0 Å². The van der Waals surface area contributed by atoms with Crippen LogP contribution in [0.2, 0.25) is 0 Å². The molecule has 0 unspecified atom stereocenters. The second kappa shape index (κ2) is 4.36. The molecule has 0 radical (unpaired) electrons. The van der Waals surface area contributed by atoms with E-state index in [0.29, 0.717) is 4.68 Å². The number of carbonyl (C=O) groups excluding carboxylic acids is 1. The van der Waals surface area contributed by atoms with Crippen molar-refractivity contribution in [3.8, 4) is 11.4 Å². The SMILES string of the molecule is O=Cc1nn(-c2ccc(F)c(F)c2)c(=O)cc1O. The van der Waals surface area contributed by atoms with Crippen molar-refractivity contribution in [1.29, 1.82) is 0 Å². The van der Waals surface area contributed by atoms with E-state index in [9.17, 15) is 23.5 Å². The molecule has 5 nitrogen and oxygen atoms in total. The topological polar surface area (TPSA) is 72.2 Å². The maximum absolute atomic E-state index is 13.0. The Hall–Kier alpha value is -2.57. The van der Waals surface area contributed by atoms with Gasteiger partial charge in [0.25, 0.3) is 5.56 Å². The number of aromatic hydroxyl groups is 1. The van der Waals surface area contributed by atoms with E-state index in [2.05, 4.69) is 5.10 Å². The summed E-state index contributed by atoms with van der Waals surface area (Å²) in [6, 6.07) is 3.47. The third-order valence-corrected chi connectivity index (χ3v) is 2.20. The minimum absolute atomic E-state index is 0.0537. The van der Waals surface area contributed by atoms with E-state index < -0.39 is 22.9 Å². The van der Waals surface area contributed by atoms with Gasteiger partial charge < -0.3 is 5.11 Å². The van der Waals surface area contributed by atoms with Gasteiger partial charge in [-0.15, -0.1) is 0 Å². The molecule has 0 aliphatic carbocycles. The summed E-state index contributed by atoms with van der Waals surface area (Å²) in [6.45, 7) is 0. The number of nitrogens with zero attached hydrogens (tertiary/aromatic N) is 2. The first kappa shape index (κ1) is 11.9. The van der Waals surface area contributed by atoms with Crippen molar-refractivity contribution in [2.75, 3.05) is 0 Å². The summed E-state index contributed by atoms with van der Waals surface area (Å²) in [5.74, 6) is -2.79. The molecule has 1 aromatic heterocycles. The number of aromatic nitrogens is 2. The van der Waals surface area contributed by atoms with E-state index in [1.54, 1.807) is 0 Å². The molecule has 1 N–H and O–H groups in total. The largest absolute Gasteiger partial charge is 0.505 e. The van der Waals surface area contributed by atoms with E-state index >= 15 is 0 Å². The van der Waals surface area contributed by atoms with Crippen LogP contribution in [0.5, 0.6) is 5.75 Å². The number of rotatable bonds is 2. The minimum Gasteiger partial charge on any atom is -0.505 e. The molecular weight excluding hydrogens is 246 g/mol. The standard InChI is InChI=1S/C11H6F2N2O3/c12-7-2-1-6(3-8(7)13)15-11(18)4-10(17)9(5-16)14-15/h1-5,17H. The first-order valence-electron chi connectivity index (χ1n) is 4.77. The monoisotopic (exact) mass is 252 g/mol. The molecule has 0 aliphatic rings. The summed E-state index contributed by atoms with van der Waals surface area (Å²) in [5, 5.41) is 12.7. The molecule has 0 fully saturated rings. The second-order valence-corrected chi connectivity index (χ2v) is 3.38. The zero-order chi connectivity index (χ0) is 13.3. The van der Waals surface area contributed by atoms with E-state index in [0.717, 1.165) is 24.3 Å². The molecule has 2 rings (SSSR count). The fraction of sp³-hybridized carbons (Fsp3) is 0. The lowest BCUT2D eigenvalue weighted by Crippen LogP contribution is -2.21. The highest BCUT2D eigenvalue weighted by molar-refractivity contribution is 5.75. The zero-order valence-corrected chi connectivity index (χ0v) is 8.80. The molecule has 1 heterocycles. The summed E-state index contributed by atoms with van der Waals surface area (Å²) in [4.78, 5) is 22.1. The van der Waals surface area contributed by atoms with Gasteiger partial charge in [-0.2, -0.15) is 9.78 Å². The van der Waals surface area contributed by atoms with E-state index in [4.69, 9.17) is 0 Å². The Morgan fingerprint density at radius 2 is 1.94 bits per heavy atom. The Kier molecular flexibility index (Phi) is 2.88. The molecule has 7 heteroatoms. The Balaban J connectivity index is 2.67. The summed E-state index contributed by atoms with van der Waals surface area (Å²) >= 11 is 0. The van der Waals surface area contributed by atoms with Crippen LogP contribution < -0.4 is 5.56 Å². The molecule has 92 valence electrons. The predicted molar refractivity (Wildman–Crippen MR) is 56.8 cm³/mol. The van der Waals surface area contributed by atoms with Crippen LogP contribution in [0.25, 0.3) is 5.69 Å². The van der Waals surface area contributed by atoms with Gasteiger partial charge in [-0.05, 0) is 12.1 Å². The van der Waals surface area contributed by atoms with E-state index in [1.807, 2.05) is 0 Å². The lowest BCUT2D eigenvalue weighted by molar-refractivity contribution is 0.111.